The lowest BCUT2D eigenvalue weighted by molar-refractivity contribution is 0.0697. The number of rotatable bonds is 4. The second-order valence-electron chi connectivity index (χ2n) is 7.04. The van der Waals surface area contributed by atoms with Crippen molar-refractivity contribution in [3.8, 4) is 5.69 Å². The van der Waals surface area contributed by atoms with Crippen molar-refractivity contribution >= 4 is 31.9 Å². The molecule has 1 fully saturated rings. The molecule has 7 nitrogen and oxygen atoms in total. The largest absolute Gasteiger partial charge is 0.336 e. The first kappa shape index (κ1) is 20.8. The topological polar surface area (TPSA) is 75.5 Å². The minimum absolute atomic E-state index is 0.130. The van der Waals surface area contributed by atoms with Gasteiger partial charge in [-0.15, -0.1) is 0 Å². The lowest BCUT2D eigenvalue weighted by Gasteiger charge is -2.34. The second kappa shape index (κ2) is 8.33. The number of piperazine rings is 1. The van der Waals surface area contributed by atoms with E-state index in [9.17, 15) is 13.2 Å². The number of para-hydroxylation sites is 1. The molecule has 0 atom stereocenters. The Bertz CT molecular complexity index is 1170. The van der Waals surface area contributed by atoms with Gasteiger partial charge < -0.3 is 4.90 Å². The number of hydrogen-bond donors (Lipinski definition) is 0. The van der Waals surface area contributed by atoms with E-state index in [1.807, 2.05) is 37.3 Å². The fraction of sp³-hybridized carbons (Fsp3) is 0.238. The number of aromatic nitrogens is 2. The van der Waals surface area contributed by atoms with Gasteiger partial charge in [0.2, 0.25) is 10.0 Å². The number of carbonyl (C=O) groups excluding carboxylic acids is 1. The third kappa shape index (κ3) is 3.92. The number of benzene rings is 2. The van der Waals surface area contributed by atoms with E-state index in [2.05, 4.69) is 21.0 Å². The highest BCUT2D eigenvalue weighted by Crippen LogP contribution is 2.22. The number of sulfonamides is 1. The fourth-order valence-electron chi connectivity index (χ4n) is 3.53. The zero-order valence-corrected chi connectivity index (χ0v) is 18.8. The summed E-state index contributed by atoms with van der Waals surface area (Å²) in [5.74, 6) is -0.130. The first-order valence-corrected chi connectivity index (χ1v) is 11.8. The van der Waals surface area contributed by atoms with Crippen LogP contribution in [0.5, 0.6) is 0 Å². The molecule has 2 aromatic carbocycles. The second-order valence-corrected chi connectivity index (χ2v) is 9.90. The fourth-order valence-corrected chi connectivity index (χ4v) is 5.55. The summed E-state index contributed by atoms with van der Waals surface area (Å²) < 4.78 is 29.7. The molecule has 1 aromatic heterocycles. The van der Waals surface area contributed by atoms with Gasteiger partial charge in [0.15, 0.2) is 0 Å². The summed E-state index contributed by atoms with van der Waals surface area (Å²) in [5, 5.41) is 4.36. The van der Waals surface area contributed by atoms with Crippen LogP contribution < -0.4 is 0 Å². The van der Waals surface area contributed by atoms with Crippen LogP contribution in [0.3, 0.4) is 0 Å². The summed E-state index contributed by atoms with van der Waals surface area (Å²) in [4.78, 5) is 15.0. The Morgan fingerprint density at radius 1 is 1.00 bits per heavy atom. The van der Waals surface area contributed by atoms with E-state index >= 15 is 0 Å². The van der Waals surface area contributed by atoms with Crippen molar-refractivity contribution in [2.45, 2.75) is 11.8 Å². The molecule has 0 unspecified atom stereocenters. The maximum atomic E-state index is 13.0. The highest BCUT2D eigenvalue weighted by Gasteiger charge is 2.31. The molecular weight excluding hydrogens is 468 g/mol. The summed E-state index contributed by atoms with van der Waals surface area (Å²) in [6.45, 7) is 3.05. The van der Waals surface area contributed by atoms with Crippen LogP contribution >= 0.6 is 15.9 Å². The average Bonchev–Trinajstić information content (AvgIpc) is 3.15. The highest BCUT2D eigenvalue weighted by atomic mass is 79.9. The van der Waals surface area contributed by atoms with Crippen molar-refractivity contribution in [1.82, 2.24) is 19.0 Å². The van der Waals surface area contributed by atoms with E-state index in [1.165, 1.54) is 4.31 Å². The molecule has 1 saturated heterocycles. The minimum Gasteiger partial charge on any atom is -0.336 e. The molecule has 1 aliphatic rings. The van der Waals surface area contributed by atoms with E-state index in [4.69, 9.17) is 0 Å². The molecule has 4 rings (SSSR count). The van der Waals surface area contributed by atoms with E-state index in [0.29, 0.717) is 23.1 Å². The summed E-state index contributed by atoms with van der Waals surface area (Å²) in [6.07, 6.45) is 1.58. The van der Waals surface area contributed by atoms with Gasteiger partial charge in [-0.1, -0.05) is 40.2 Å². The van der Waals surface area contributed by atoms with E-state index in [0.717, 1.165) is 11.4 Å². The van der Waals surface area contributed by atoms with Gasteiger partial charge in [-0.25, -0.2) is 13.1 Å². The Morgan fingerprint density at radius 3 is 2.37 bits per heavy atom. The number of amides is 1. The van der Waals surface area contributed by atoms with Crippen molar-refractivity contribution in [2.24, 2.45) is 0 Å². The van der Waals surface area contributed by atoms with Crippen molar-refractivity contribution in [3.63, 3.8) is 0 Å². The Kier molecular flexibility index (Phi) is 5.77. The standard InChI is InChI=1S/C21H21BrN4O3S/c1-16-20(15-23-26(16)18-7-3-2-4-8-18)21(27)24-10-12-25(13-11-24)30(28,29)19-9-5-6-17(22)14-19/h2-9,14-15H,10-13H2,1H3. The van der Waals surface area contributed by atoms with Crippen LogP contribution in [0.1, 0.15) is 16.1 Å². The lowest BCUT2D eigenvalue weighted by atomic mass is 10.2. The van der Waals surface area contributed by atoms with E-state index < -0.39 is 10.0 Å². The molecule has 0 N–H and O–H groups in total. The molecule has 0 aliphatic carbocycles. The monoisotopic (exact) mass is 488 g/mol. The minimum atomic E-state index is -3.59. The van der Waals surface area contributed by atoms with Crippen molar-refractivity contribution in [1.29, 1.82) is 0 Å². The highest BCUT2D eigenvalue weighted by molar-refractivity contribution is 9.10. The van der Waals surface area contributed by atoms with Crippen LogP contribution in [0.2, 0.25) is 0 Å². The molecule has 0 bridgehead atoms. The van der Waals surface area contributed by atoms with Crippen LogP contribution in [0, 0.1) is 6.92 Å². The SMILES string of the molecule is Cc1c(C(=O)N2CCN(S(=O)(=O)c3cccc(Br)c3)CC2)cnn1-c1ccccc1. The summed E-state index contributed by atoms with van der Waals surface area (Å²) in [6, 6.07) is 16.3. The first-order valence-electron chi connectivity index (χ1n) is 9.53. The summed E-state index contributed by atoms with van der Waals surface area (Å²) in [5.41, 5.74) is 2.18. The van der Waals surface area contributed by atoms with Crippen molar-refractivity contribution in [3.05, 3.63) is 76.5 Å². The van der Waals surface area contributed by atoms with Gasteiger partial charge in [-0.3, -0.25) is 4.79 Å². The number of hydrogen-bond acceptors (Lipinski definition) is 4. The maximum absolute atomic E-state index is 13.0. The van der Waals surface area contributed by atoms with Crippen LogP contribution in [-0.4, -0.2) is 59.5 Å². The van der Waals surface area contributed by atoms with Crippen LogP contribution in [0.15, 0.2) is 70.2 Å². The van der Waals surface area contributed by atoms with Gasteiger partial charge in [0, 0.05) is 30.7 Å². The van der Waals surface area contributed by atoms with Crippen molar-refractivity contribution in [2.75, 3.05) is 26.2 Å². The first-order chi connectivity index (χ1) is 14.4. The number of halogens is 1. The third-order valence-corrected chi connectivity index (χ3v) is 7.59. The Hall–Kier alpha value is -2.49. The van der Waals surface area contributed by atoms with Gasteiger partial charge in [0.1, 0.15) is 0 Å². The van der Waals surface area contributed by atoms with Gasteiger partial charge in [0.25, 0.3) is 5.91 Å². The van der Waals surface area contributed by atoms with Gasteiger partial charge >= 0.3 is 0 Å². The molecule has 0 saturated carbocycles. The maximum Gasteiger partial charge on any atom is 0.257 e. The molecule has 30 heavy (non-hydrogen) atoms. The van der Waals surface area contributed by atoms with Crippen molar-refractivity contribution < 1.29 is 13.2 Å². The smallest absolute Gasteiger partial charge is 0.257 e. The molecular formula is C21H21BrN4O3S. The zero-order chi connectivity index (χ0) is 21.3. The predicted molar refractivity (Wildman–Crippen MR) is 117 cm³/mol. The van der Waals surface area contributed by atoms with Gasteiger partial charge in [-0.2, -0.15) is 9.40 Å². The van der Waals surface area contributed by atoms with Gasteiger partial charge in [0.05, 0.1) is 28.0 Å². The lowest BCUT2D eigenvalue weighted by Crippen LogP contribution is -2.50. The zero-order valence-electron chi connectivity index (χ0n) is 16.4. The van der Waals surface area contributed by atoms with E-state index in [1.54, 1.807) is 40.0 Å². The van der Waals surface area contributed by atoms with Gasteiger partial charge in [-0.05, 0) is 37.3 Å². The van der Waals surface area contributed by atoms with Crippen LogP contribution in [-0.2, 0) is 10.0 Å². The Balaban J connectivity index is 1.47. The van der Waals surface area contributed by atoms with Crippen LogP contribution in [0.4, 0.5) is 0 Å². The molecule has 9 heteroatoms. The molecule has 2 heterocycles. The quantitative estimate of drug-likeness (QED) is 0.565. The predicted octanol–water partition coefficient (Wildman–Crippen LogP) is 3.09. The molecule has 1 aliphatic heterocycles. The van der Waals surface area contributed by atoms with Crippen LogP contribution in [0.25, 0.3) is 5.69 Å². The molecule has 1 amide bonds. The third-order valence-electron chi connectivity index (χ3n) is 5.20. The number of carbonyl (C=O) groups is 1. The average molecular weight is 489 g/mol. The number of nitrogens with zero attached hydrogens (tertiary/aromatic N) is 4. The normalized spacial score (nSPS) is 15.3. The van der Waals surface area contributed by atoms with E-state index in [-0.39, 0.29) is 23.9 Å². The Morgan fingerprint density at radius 2 is 1.70 bits per heavy atom. The molecule has 3 aromatic rings. The molecule has 0 radical (unpaired) electrons. The summed E-state index contributed by atoms with van der Waals surface area (Å²) >= 11 is 3.31. The molecule has 156 valence electrons. The Labute approximate surface area is 184 Å². The molecule has 0 spiro atoms. The summed E-state index contributed by atoms with van der Waals surface area (Å²) in [7, 11) is -3.59.